The van der Waals surface area contributed by atoms with Gasteiger partial charge < -0.3 is 5.41 Å². The van der Waals surface area contributed by atoms with Crippen molar-refractivity contribution in [2.45, 2.75) is 31.6 Å². The fourth-order valence-electron chi connectivity index (χ4n) is 2.03. The molecule has 0 bridgehead atoms. The molecule has 2 rings (SSSR count). The van der Waals surface area contributed by atoms with Gasteiger partial charge in [-0.3, -0.25) is 0 Å². The van der Waals surface area contributed by atoms with E-state index in [1.807, 2.05) is 12.1 Å². The molecular formula is C12H14ClN. The maximum Gasteiger partial charge on any atom is 0.0406 e. The summed E-state index contributed by atoms with van der Waals surface area (Å²) in [7, 11) is 0. The quantitative estimate of drug-likeness (QED) is 0.720. The highest BCUT2D eigenvalue weighted by molar-refractivity contribution is 6.30. The zero-order valence-corrected chi connectivity index (χ0v) is 8.85. The van der Waals surface area contributed by atoms with Crippen molar-refractivity contribution in [3.05, 3.63) is 34.9 Å². The van der Waals surface area contributed by atoms with Gasteiger partial charge in [-0.2, -0.15) is 0 Å². The Morgan fingerprint density at radius 2 is 1.64 bits per heavy atom. The van der Waals surface area contributed by atoms with Crippen molar-refractivity contribution in [1.29, 1.82) is 5.41 Å². The molecule has 1 aliphatic carbocycles. The summed E-state index contributed by atoms with van der Waals surface area (Å²) >= 11 is 5.84. The second kappa shape index (κ2) is 4.14. The lowest BCUT2D eigenvalue weighted by Crippen LogP contribution is -2.11. The molecule has 1 nitrogen and oxygen atoms in total. The Morgan fingerprint density at radius 1 is 1.07 bits per heavy atom. The van der Waals surface area contributed by atoms with Crippen molar-refractivity contribution < 1.29 is 0 Å². The number of hydrogen-bond donors (Lipinski definition) is 1. The fraction of sp³-hybridized carbons (Fsp3) is 0.417. The molecule has 74 valence electrons. The molecule has 0 spiro atoms. The molecule has 1 saturated carbocycles. The Labute approximate surface area is 89.6 Å². The average molecular weight is 208 g/mol. The highest BCUT2D eigenvalue weighted by Gasteiger charge is 2.17. The summed E-state index contributed by atoms with van der Waals surface area (Å²) in [6.45, 7) is 0. The van der Waals surface area contributed by atoms with Crippen molar-refractivity contribution in [2.75, 3.05) is 0 Å². The van der Waals surface area contributed by atoms with E-state index in [1.165, 1.54) is 5.56 Å². The second-order valence-corrected chi connectivity index (χ2v) is 4.37. The summed E-state index contributed by atoms with van der Waals surface area (Å²) in [5, 5.41) is 8.36. The zero-order chi connectivity index (χ0) is 9.97. The van der Waals surface area contributed by atoms with E-state index in [2.05, 4.69) is 12.1 Å². The third-order valence-electron chi connectivity index (χ3n) is 2.93. The van der Waals surface area contributed by atoms with E-state index in [0.717, 1.165) is 36.4 Å². The molecule has 0 aliphatic heterocycles. The summed E-state index contributed by atoms with van der Waals surface area (Å²) in [5.74, 6) is 0.640. The molecule has 2 heteroatoms. The van der Waals surface area contributed by atoms with Crippen LogP contribution in [-0.4, -0.2) is 5.71 Å². The summed E-state index contributed by atoms with van der Waals surface area (Å²) in [6, 6.07) is 8.14. The Bertz CT molecular complexity index is 319. The molecule has 0 unspecified atom stereocenters. The normalized spacial score (nSPS) is 22.4. The van der Waals surface area contributed by atoms with Crippen LogP contribution in [0, 0.1) is 5.41 Å². The first kappa shape index (κ1) is 9.72. The van der Waals surface area contributed by atoms with E-state index in [9.17, 15) is 0 Å². The van der Waals surface area contributed by atoms with Crippen LogP contribution in [0.2, 0.25) is 5.02 Å². The molecule has 1 aromatic rings. The fourth-order valence-corrected chi connectivity index (χ4v) is 2.16. The van der Waals surface area contributed by atoms with Gasteiger partial charge in [0.05, 0.1) is 0 Å². The average Bonchev–Trinajstić information content (AvgIpc) is 2.21. The molecule has 1 fully saturated rings. The van der Waals surface area contributed by atoms with Gasteiger partial charge in [-0.1, -0.05) is 23.7 Å². The Kier molecular flexibility index (Phi) is 2.87. The van der Waals surface area contributed by atoms with Gasteiger partial charge in [0.15, 0.2) is 0 Å². The monoisotopic (exact) mass is 207 g/mol. The van der Waals surface area contributed by atoms with Gasteiger partial charge in [-0.25, -0.2) is 0 Å². The minimum Gasteiger partial charge on any atom is -0.310 e. The molecule has 0 atom stereocenters. The number of rotatable bonds is 1. The minimum absolute atomic E-state index is 0.640. The lowest BCUT2D eigenvalue weighted by atomic mass is 9.83. The lowest BCUT2D eigenvalue weighted by molar-refractivity contribution is 0.564. The summed E-state index contributed by atoms with van der Waals surface area (Å²) in [4.78, 5) is 0. The van der Waals surface area contributed by atoms with Gasteiger partial charge in [0, 0.05) is 10.7 Å². The SMILES string of the molecule is N=C1CCC(c2ccc(Cl)cc2)CC1. The molecule has 0 saturated heterocycles. The van der Waals surface area contributed by atoms with Crippen LogP contribution in [0.4, 0.5) is 0 Å². The van der Waals surface area contributed by atoms with Crippen LogP contribution in [0.1, 0.15) is 37.2 Å². The van der Waals surface area contributed by atoms with E-state index in [1.54, 1.807) is 0 Å². The predicted octanol–water partition coefficient (Wildman–Crippen LogP) is 4.02. The van der Waals surface area contributed by atoms with Crippen LogP contribution in [0.5, 0.6) is 0 Å². The van der Waals surface area contributed by atoms with Crippen molar-refractivity contribution >= 4 is 17.3 Å². The molecule has 1 aromatic carbocycles. The summed E-state index contributed by atoms with van der Waals surface area (Å²) in [6.07, 6.45) is 4.18. The highest BCUT2D eigenvalue weighted by atomic mass is 35.5. The maximum absolute atomic E-state index is 7.55. The summed E-state index contributed by atoms with van der Waals surface area (Å²) < 4.78 is 0. The van der Waals surface area contributed by atoms with Crippen LogP contribution < -0.4 is 0 Å². The molecule has 0 radical (unpaired) electrons. The second-order valence-electron chi connectivity index (χ2n) is 3.93. The molecule has 0 heterocycles. The predicted molar refractivity (Wildman–Crippen MR) is 60.4 cm³/mol. The minimum atomic E-state index is 0.640. The van der Waals surface area contributed by atoms with E-state index in [0.29, 0.717) is 5.92 Å². The van der Waals surface area contributed by atoms with Crippen LogP contribution in [0.3, 0.4) is 0 Å². The maximum atomic E-state index is 7.55. The van der Waals surface area contributed by atoms with Crippen molar-refractivity contribution in [3.63, 3.8) is 0 Å². The number of hydrogen-bond acceptors (Lipinski definition) is 1. The van der Waals surface area contributed by atoms with E-state index < -0.39 is 0 Å². The van der Waals surface area contributed by atoms with E-state index in [-0.39, 0.29) is 0 Å². The largest absolute Gasteiger partial charge is 0.310 e. The number of halogens is 1. The smallest absolute Gasteiger partial charge is 0.0406 e. The van der Waals surface area contributed by atoms with Crippen LogP contribution in [0.15, 0.2) is 24.3 Å². The van der Waals surface area contributed by atoms with Gasteiger partial charge in [0.1, 0.15) is 0 Å². The zero-order valence-electron chi connectivity index (χ0n) is 8.09. The molecule has 1 N–H and O–H groups in total. The molecule has 0 amide bonds. The van der Waals surface area contributed by atoms with E-state index >= 15 is 0 Å². The third kappa shape index (κ3) is 2.16. The van der Waals surface area contributed by atoms with Gasteiger partial charge in [-0.15, -0.1) is 0 Å². The Hall–Kier alpha value is -0.820. The first-order valence-corrected chi connectivity index (χ1v) is 5.45. The highest BCUT2D eigenvalue weighted by Crippen LogP contribution is 2.31. The first-order valence-electron chi connectivity index (χ1n) is 5.07. The first-order chi connectivity index (χ1) is 6.75. The van der Waals surface area contributed by atoms with E-state index in [4.69, 9.17) is 17.0 Å². The third-order valence-corrected chi connectivity index (χ3v) is 3.18. The number of benzene rings is 1. The lowest BCUT2D eigenvalue weighted by Gasteiger charge is -2.22. The molecule has 14 heavy (non-hydrogen) atoms. The Morgan fingerprint density at radius 3 is 2.21 bits per heavy atom. The Balaban J connectivity index is 2.08. The van der Waals surface area contributed by atoms with Gasteiger partial charge in [-0.05, 0) is 49.3 Å². The van der Waals surface area contributed by atoms with Crippen LogP contribution >= 0.6 is 11.6 Å². The van der Waals surface area contributed by atoms with Crippen LogP contribution in [0.25, 0.3) is 0 Å². The van der Waals surface area contributed by atoms with Gasteiger partial charge >= 0.3 is 0 Å². The van der Waals surface area contributed by atoms with Crippen molar-refractivity contribution in [1.82, 2.24) is 0 Å². The van der Waals surface area contributed by atoms with Crippen molar-refractivity contribution in [3.8, 4) is 0 Å². The molecule has 0 aromatic heterocycles. The summed E-state index contributed by atoms with van der Waals surface area (Å²) in [5.41, 5.74) is 2.29. The van der Waals surface area contributed by atoms with Gasteiger partial charge in [0.25, 0.3) is 0 Å². The van der Waals surface area contributed by atoms with Crippen molar-refractivity contribution in [2.24, 2.45) is 0 Å². The molecule has 1 aliphatic rings. The molecular weight excluding hydrogens is 194 g/mol. The standard InChI is InChI=1S/C12H14ClN/c13-11-5-1-9(2-6-11)10-3-7-12(14)8-4-10/h1-2,5-6,10,14H,3-4,7-8H2. The van der Waals surface area contributed by atoms with Crippen LogP contribution in [-0.2, 0) is 0 Å². The topological polar surface area (TPSA) is 23.9 Å². The number of nitrogens with one attached hydrogen (secondary N) is 1. The van der Waals surface area contributed by atoms with Gasteiger partial charge in [0.2, 0.25) is 0 Å².